The van der Waals surface area contributed by atoms with Crippen LogP contribution in [0.15, 0.2) is 0 Å². The van der Waals surface area contributed by atoms with Crippen LogP contribution in [-0.2, 0) is 4.74 Å². The Morgan fingerprint density at radius 2 is 2.08 bits per heavy atom. The molecule has 1 aliphatic rings. The number of hydrogen-bond donors (Lipinski definition) is 1. The Labute approximate surface area is 75.7 Å². The van der Waals surface area contributed by atoms with E-state index in [2.05, 4.69) is 33.0 Å². The van der Waals surface area contributed by atoms with Gasteiger partial charge in [0.05, 0.1) is 12.2 Å². The molecule has 1 unspecified atom stereocenters. The van der Waals surface area contributed by atoms with Crippen LogP contribution in [0.4, 0.5) is 0 Å². The summed E-state index contributed by atoms with van der Waals surface area (Å²) in [5, 5.41) is 3.41. The normalized spacial score (nSPS) is 32.0. The molecule has 0 saturated carbocycles. The first-order valence-electron chi connectivity index (χ1n) is 4.86. The molecule has 1 heterocycles. The largest absolute Gasteiger partial charge is 0.372 e. The van der Waals surface area contributed by atoms with Crippen molar-refractivity contribution in [2.45, 2.75) is 39.7 Å². The van der Waals surface area contributed by atoms with Crippen molar-refractivity contribution in [2.24, 2.45) is 5.41 Å². The summed E-state index contributed by atoms with van der Waals surface area (Å²) >= 11 is 0. The van der Waals surface area contributed by atoms with Gasteiger partial charge in [0.1, 0.15) is 0 Å². The Hall–Kier alpha value is -0.0800. The molecule has 0 spiro atoms. The highest BCUT2D eigenvalue weighted by Crippen LogP contribution is 2.37. The molecule has 1 N–H and O–H groups in total. The second-order valence-corrected chi connectivity index (χ2v) is 4.62. The number of ether oxygens (including phenoxy) is 1. The summed E-state index contributed by atoms with van der Waals surface area (Å²) in [7, 11) is 0. The van der Waals surface area contributed by atoms with Crippen LogP contribution in [0.25, 0.3) is 0 Å². The van der Waals surface area contributed by atoms with Crippen molar-refractivity contribution in [2.75, 3.05) is 19.7 Å². The van der Waals surface area contributed by atoms with Crippen LogP contribution >= 0.6 is 0 Å². The molecule has 2 nitrogen and oxygen atoms in total. The maximum Gasteiger partial charge on any atom is 0.0852 e. The summed E-state index contributed by atoms with van der Waals surface area (Å²) in [5.41, 5.74) is 0.278. The van der Waals surface area contributed by atoms with E-state index < -0.39 is 0 Å². The lowest BCUT2D eigenvalue weighted by molar-refractivity contribution is -0.134. The fourth-order valence-electron chi connectivity index (χ4n) is 1.90. The summed E-state index contributed by atoms with van der Waals surface area (Å²) in [6.07, 6.45) is 1.09. The predicted octanol–water partition coefficient (Wildman–Crippen LogP) is 1.80. The molecule has 0 amide bonds. The first kappa shape index (κ1) is 10.0. The first-order valence-corrected chi connectivity index (χ1v) is 4.86. The first-order chi connectivity index (χ1) is 5.52. The lowest BCUT2D eigenvalue weighted by Gasteiger charge is -2.46. The fraction of sp³-hybridized carbons (Fsp3) is 1.00. The van der Waals surface area contributed by atoms with Gasteiger partial charge in [0, 0.05) is 13.1 Å². The Balaban J connectivity index is 2.73. The second-order valence-electron chi connectivity index (χ2n) is 4.62. The minimum absolute atomic E-state index is 0.0469. The minimum atomic E-state index is 0.0469. The van der Waals surface area contributed by atoms with Crippen molar-refractivity contribution in [3.05, 3.63) is 0 Å². The van der Waals surface area contributed by atoms with Crippen molar-refractivity contribution >= 4 is 0 Å². The SMILES string of the molecule is CCC1(C(C)(C)C)CNCCO1. The summed E-state index contributed by atoms with van der Waals surface area (Å²) < 4.78 is 5.92. The predicted molar refractivity (Wildman–Crippen MR) is 51.3 cm³/mol. The number of nitrogens with one attached hydrogen (secondary N) is 1. The quantitative estimate of drug-likeness (QED) is 0.649. The molecule has 1 rings (SSSR count). The van der Waals surface area contributed by atoms with Gasteiger partial charge in [-0.3, -0.25) is 0 Å². The van der Waals surface area contributed by atoms with Gasteiger partial charge in [-0.2, -0.15) is 0 Å². The van der Waals surface area contributed by atoms with E-state index in [9.17, 15) is 0 Å². The van der Waals surface area contributed by atoms with Crippen LogP contribution in [0.5, 0.6) is 0 Å². The van der Waals surface area contributed by atoms with Crippen molar-refractivity contribution in [1.29, 1.82) is 0 Å². The maximum absolute atomic E-state index is 5.92. The average molecular weight is 171 g/mol. The molecule has 0 aromatic rings. The van der Waals surface area contributed by atoms with E-state index in [4.69, 9.17) is 4.74 Å². The summed E-state index contributed by atoms with van der Waals surface area (Å²) in [5.74, 6) is 0. The highest BCUT2D eigenvalue weighted by Gasteiger charge is 2.42. The third kappa shape index (κ3) is 1.64. The average Bonchev–Trinajstić information content (AvgIpc) is 2.04. The van der Waals surface area contributed by atoms with Gasteiger partial charge in [0.15, 0.2) is 0 Å². The van der Waals surface area contributed by atoms with Crippen LogP contribution < -0.4 is 5.32 Å². The zero-order valence-electron chi connectivity index (χ0n) is 8.74. The summed E-state index contributed by atoms with van der Waals surface area (Å²) in [4.78, 5) is 0. The molecule has 12 heavy (non-hydrogen) atoms. The molecule has 0 aliphatic carbocycles. The van der Waals surface area contributed by atoms with Gasteiger partial charge in [-0.25, -0.2) is 0 Å². The van der Waals surface area contributed by atoms with E-state index >= 15 is 0 Å². The summed E-state index contributed by atoms with van der Waals surface area (Å²) in [6, 6.07) is 0. The van der Waals surface area contributed by atoms with Gasteiger partial charge in [-0.15, -0.1) is 0 Å². The molecule has 1 fully saturated rings. The second kappa shape index (κ2) is 3.35. The van der Waals surface area contributed by atoms with Gasteiger partial charge >= 0.3 is 0 Å². The smallest absolute Gasteiger partial charge is 0.0852 e. The van der Waals surface area contributed by atoms with Gasteiger partial charge in [-0.05, 0) is 11.8 Å². The topological polar surface area (TPSA) is 21.3 Å². The standard InChI is InChI=1S/C10H21NO/c1-5-10(9(2,3)4)8-11-6-7-12-10/h11H,5-8H2,1-4H3. The molecular formula is C10H21NO. The molecule has 1 atom stereocenters. The van der Waals surface area contributed by atoms with Crippen molar-refractivity contribution < 1.29 is 4.74 Å². The maximum atomic E-state index is 5.92. The molecule has 0 aromatic carbocycles. The van der Waals surface area contributed by atoms with E-state index in [1.54, 1.807) is 0 Å². The van der Waals surface area contributed by atoms with Gasteiger partial charge in [-0.1, -0.05) is 27.7 Å². The molecule has 1 saturated heterocycles. The number of morpholine rings is 1. The van der Waals surface area contributed by atoms with E-state index in [0.29, 0.717) is 0 Å². The van der Waals surface area contributed by atoms with Crippen LogP contribution in [0.1, 0.15) is 34.1 Å². The highest BCUT2D eigenvalue weighted by molar-refractivity contribution is 4.95. The molecule has 0 bridgehead atoms. The van der Waals surface area contributed by atoms with Crippen molar-refractivity contribution in [1.82, 2.24) is 5.32 Å². The van der Waals surface area contributed by atoms with Crippen LogP contribution in [-0.4, -0.2) is 25.3 Å². The number of hydrogen-bond acceptors (Lipinski definition) is 2. The minimum Gasteiger partial charge on any atom is -0.372 e. The lowest BCUT2D eigenvalue weighted by Crippen LogP contribution is -2.56. The summed E-state index contributed by atoms with van der Waals surface area (Å²) in [6.45, 7) is 11.8. The molecule has 1 aliphatic heterocycles. The van der Waals surface area contributed by atoms with Crippen molar-refractivity contribution in [3.63, 3.8) is 0 Å². The zero-order chi connectivity index (χ0) is 9.24. The highest BCUT2D eigenvalue weighted by atomic mass is 16.5. The Morgan fingerprint density at radius 3 is 2.33 bits per heavy atom. The van der Waals surface area contributed by atoms with Gasteiger partial charge < -0.3 is 10.1 Å². The third-order valence-electron chi connectivity index (χ3n) is 3.01. The van der Waals surface area contributed by atoms with Gasteiger partial charge in [0.25, 0.3) is 0 Å². The molecule has 2 heteroatoms. The van der Waals surface area contributed by atoms with Crippen molar-refractivity contribution in [3.8, 4) is 0 Å². The van der Waals surface area contributed by atoms with Crippen LogP contribution in [0.2, 0.25) is 0 Å². The van der Waals surface area contributed by atoms with E-state index in [1.807, 2.05) is 0 Å². The fourth-order valence-corrected chi connectivity index (χ4v) is 1.90. The van der Waals surface area contributed by atoms with E-state index in [0.717, 1.165) is 26.1 Å². The molecular weight excluding hydrogens is 150 g/mol. The Kier molecular flexibility index (Phi) is 2.79. The third-order valence-corrected chi connectivity index (χ3v) is 3.01. The van der Waals surface area contributed by atoms with Crippen LogP contribution in [0, 0.1) is 5.41 Å². The number of rotatable bonds is 1. The molecule has 0 aromatic heterocycles. The zero-order valence-corrected chi connectivity index (χ0v) is 8.74. The Bertz CT molecular complexity index is 142. The van der Waals surface area contributed by atoms with Crippen LogP contribution in [0.3, 0.4) is 0 Å². The Morgan fingerprint density at radius 1 is 1.42 bits per heavy atom. The van der Waals surface area contributed by atoms with E-state index in [1.165, 1.54) is 0 Å². The molecule has 72 valence electrons. The monoisotopic (exact) mass is 171 g/mol. The van der Waals surface area contributed by atoms with Gasteiger partial charge in [0.2, 0.25) is 0 Å². The lowest BCUT2D eigenvalue weighted by atomic mass is 9.74. The molecule has 0 radical (unpaired) electrons. The van der Waals surface area contributed by atoms with E-state index in [-0.39, 0.29) is 11.0 Å².